The molecular weight excluding hydrogens is 524 g/mol. The molecule has 2 aliphatic carbocycles. The zero-order valence-electron chi connectivity index (χ0n) is 19.9. The Balaban J connectivity index is 1.68. The fraction of sp³-hybridized carbons (Fsp3) is 0.552. The van der Waals surface area contributed by atoms with Crippen molar-refractivity contribution in [2.24, 2.45) is 0 Å². The largest absolute Gasteiger partial charge is 0.288 e. The van der Waals surface area contributed by atoms with E-state index in [1.54, 1.807) is 0 Å². The molecule has 0 N–H and O–H groups in total. The van der Waals surface area contributed by atoms with Gasteiger partial charge in [0, 0.05) is 10.0 Å². The van der Waals surface area contributed by atoms with Crippen LogP contribution in [0.5, 0.6) is 0 Å². The Morgan fingerprint density at radius 2 is 1.28 bits per heavy atom. The van der Waals surface area contributed by atoms with Gasteiger partial charge in [-0.25, -0.2) is 0 Å². The third-order valence-electron chi connectivity index (χ3n) is 6.74. The highest BCUT2D eigenvalue weighted by Crippen LogP contribution is 2.44. The number of aryl methyl sites for hydroxylation is 1. The molecule has 1 aromatic carbocycles. The van der Waals surface area contributed by atoms with E-state index in [1.807, 2.05) is 0 Å². The predicted molar refractivity (Wildman–Crippen MR) is 146 cm³/mol. The van der Waals surface area contributed by atoms with Crippen molar-refractivity contribution >= 4 is 49.3 Å². The van der Waals surface area contributed by atoms with E-state index in [0.717, 1.165) is 34.9 Å². The maximum atomic E-state index is 13.1. The normalized spacial score (nSPS) is 15.1. The van der Waals surface area contributed by atoms with Crippen molar-refractivity contribution in [2.45, 2.75) is 104 Å². The van der Waals surface area contributed by atoms with E-state index in [2.05, 4.69) is 70.0 Å². The van der Waals surface area contributed by atoms with Crippen LogP contribution in [0.25, 0.3) is 11.6 Å². The summed E-state index contributed by atoms with van der Waals surface area (Å²) in [6.45, 7) is 4.52. The fourth-order valence-electron chi connectivity index (χ4n) is 4.77. The Kier molecular flexibility index (Phi) is 10.5. The summed E-state index contributed by atoms with van der Waals surface area (Å²) in [6, 6.07) is 4.54. The number of benzene rings is 1. The van der Waals surface area contributed by atoms with Crippen LogP contribution in [0, 0.1) is 0 Å². The first-order chi connectivity index (χ1) is 15.6. The minimum Gasteiger partial charge on any atom is -0.288 e. The SMILES string of the molecule is CCCCCCCCC1=C(Br)C(=O)C2=Cc3cc(Br)c(CCCCCCCC)cc3C2=C1. The Morgan fingerprint density at radius 3 is 1.94 bits per heavy atom. The van der Waals surface area contributed by atoms with Gasteiger partial charge in [-0.15, -0.1) is 0 Å². The summed E-state index contributed by atoms with van der Waals surface area (Å²) >= 11 is 7.41. The van der Waals surface area contributed by atoms with Crippen molar-refractivity contribution in [2.75, 3.05) is 0 Å². The number of carbonyl (C=O) groups is 1. The number of carbonyl (C=O) groups excluding carboxylic acids is 1. The fourth-order valence-corrected chi connectivity index (χ4v) is 5.86. The van der Waals surface area contributed by atoms with Crippen LogP contribution in [0.15, 0.2) is 38.3 Å². The van der Waals surface area contributed by atoms with Gasteiger partial charge in [0.25, 0.3) is 0 Å². The Morgan fingerprint density at radius 1 is 0.688 bits per heavy atom. The van der Waals surface area contributed by atoms with Crippen molar-refractivity contribution in [3.8, 4) is 0 Å². The summed E-state index contributed by atoms with van der Waals surface area (Å²) in [6.07, 6.45) is 21.9. The minimum absolute atomic E-state index is 0.147. The van der Waals surface area contributed by atoms with Crippen molar-refractivity contribution in [3.63, 3.8) is 0 Å². The first-order valence-electron chi connectivity index (χ1n) is 12.8. The molecule has 3 heteroatoms. The molecule has 0 radical (unpaired) electrons. The van der Waals surface area contributed by atoms with Crippen LogP contribution in [-0.4, -0.2) is 5.78 Å². The third-order valence-corrected chi connectivity index (χ3v) is 8.35. The highest BCUT2D eigenvalue weighted by molar-refractivity contribution is 9.12. The van der Waals surface area contributed by atoms with Gasteiger partial charge in [-0.05, 0) is 93.7 Å². The quantitative estimate of drug-likeness (QED) is 0.206. The molecule has 174 valence electrons. The van der Waals surface area contributed by atoms with E-state index in [4.69, 9.17) is 0 Å². The van der Waals surface area contributed by atoms with Crippen molar-refractivity contribution in [3.05, 3.63) is 55.0 Å². The second-order valence-corrected chi connectivity index (χ2v) is 11.0. The van der Waals surface area contributed by atoms with Crippen LogP contribution in [-0.2, 0) is 11.2 Å². The zero-order chi connectivity index (χ0) is 22.9. The van der Waals surface area contributed by atoms with Crippen LogP contribution < -0.4 is 0 Å². The van der Waals surface area contributed by atoms with E-state index in [0.29, 0.717) is 0 Å². The molecule has 1 nitrogen and oxygen atoms in total. The average molecular weight is 562 g/mol. The molecule has 3 rings (SSSR count). The first-order valence-corrected chi connectivity index (χ1v) is 14.3. The van der Waals surface area contributed by atoms with Crippen molar-refractivity contribution < 1.29 is 4.79 Å². The van der Waals surface area contributed by atoms with Gasteiger partial charge in [-0.3, -0.25) is 4.79 Å². The summed E-state index contributed by atoms with van der Waals surface area (Å²) in [5.41, 5.74) is 6.92. The van der Waals surface area contributed by atoms with Crippen LogP contribution in [0.3, 0.4) is 0 Å². The van der Waals surface area contributed by atoms with Crippen LogP contribution in [0.1, 0.15) is 114 Å². The topological polar surface area (TPSA) is 17.1 Å². The number of unbranched alkanes of at least 4 members (excludes halogenated alkanes) is 10. The molecule has 0 atom stereocenters. The van der Waals surface area contributed by atoms with E-state index < -0.39 is 0 Å². The number of Topliss-reactive ketones (excluding diaryl/α,β-unsaturated/α-hetero) is 1. The smallest absolute Gasteiger partial charge is 0.200 e. The Labute approximate surface area is 212 Å². The number of ketones is 1. The number of allylic oxidation sites excluding steroid dienone is 5. The van der Waals surface area contributed by atoms with Gasteiger partial charge in [0.15, 0.2) is 0 Å². The standard InChI is InChI=1S/C29H38Br2O/c1-3-5-7-9-11-13-15-21-17-24-23(20-27(21)30)19-26-25(24)18-22(28(31)29(26)32)16-14-12-10-8-6-4-2/h17-20H,3-16H2,1-2H3. The molecule has 2 aliphatic rings. The summed E-state index contributed by atoms with van der Waals surface area (Å²) in [5.74, 6) is 0.147. The van der Waals surface area contributed by atoms with Gasteiger partial charge < -0.3 is 0 Å². The minimum atomic E-state index is 0.147. The second-order valence-electron chi connectivity index (χ2n) is 9.35. The third kappa shape index (κ3) is 6.56. The molecule has 0 aromatic heterocycles. The molecule has 0 fully saturated rings. The average Bonchev–Trinajstić information content (AvgIpc) is 3.13. The molecule has 0 heterocycles. The molecule has 0 saturated heterocycles. The van der Waals surface area contributed by atoms with Gasteiger partial charge in [0.1, 0.15) is 0 Å². The molecule has 0 bridgehead atoms. The molecule has 0 unspecified atom stereocenters. The highest BCUT2D eigenvalue weighted by Gasteiger charge is 2.31. The highest BCUT2D eigenvalue weighted by atomic mass is 79.9. The summed E-state index contributed by atoms with van der Waals surface area (Å²) in [7, 11) is 0. The maximum Gasteiger partial charge on any atom is 0.200 e. The van der Waals surface area contributed by atoms with E-state index in [9.17, 15) is 4.79 Å². The molecule has 0 saturated carbocycles. The van der Waals surface area contributed by atoms with Gasteiger partial charge in [-0.1, -0.05) is 94.0 Å². The van der Waals surface area contributed by atoms with Gasteiger partial charge in [0.05, 0.1) is 4.48 Å². The number of hydrogen-bond donors (Lipinski definition) is 0. The number of fused-ring (bicyclic) bond motifs is 3. The number of halogens is 2. The number of rotatable bonds is 14. The zero-order valence-corrected chi connectivity index (χ0v) is 23.0. The summed E-state index contributed by atoms with van der Waals surface area (Å²) in [5, 5.41) is 0. The van der Waals surface area contributed by atoms with Gasteiger partial charge in [0.2, 0.25) is 5.78 Å². The summed E-state index contributed by atoms with van der Waals surface area (Å²) < 4.78 is 1.94. The van der Waals surface area contributed by atoms with Gasteiger partial charge >= 0.3 is 0 Å². The molecule has 1 aromatic rings. The van der Waals surface area contributed by atoms with Crippen molar-refractivity contribution in [1.29, 1.82) is 0 Å². The summed E-state index contributed by atoms with van der Waals surface area (Å²) in [4.78, 5) is 13.1. The van der Waals surface area contributed by atoms with Crippen LogP contribution >= 0.6 is 31.9 Å². The lowest BCUT2D eigenvalue weighted by atomic mass is 9.89. The molecule has 0 aliphatic heterocycles. The monoisotopic (exact) mass is 560 g/mol. The van der Waals surface area contributed by atoms with Gasteiger partial charge in [-0.2, -0.15) is 0 Å². The van der Waals surface area contributed by atoms with E-state index in [1.165, 1.54) is 97.4 Å². The lowest BCUT2D eigenvalue weighted by Gasteiger charge is -2.17. The second kappa shape index (κ2) is 13.1. The number of hydrogen-bond acceptors (Lipinski definition) is 1. The predicted octanol–water partition coefficient (Wildman–Crippen LogP) is 10.1. The molecule has 32 heavy (non-hydrogen) atoms. The maximum absolute atomic E-state index is 13.1. The molecular formula is C29H38Br2O. The Bertz CT molecular complexity index is 904. The van der Waals surface area contributed by atoms with Crippen LogP contribution in [0.4, 0.5) is 0 Å². The van der Waals surface area contributed by atoms with Crippen LogP contribution in [0.2, 0.25) is 0 Å². The lowest BCUT2D eigenvalue weighted by molar-refractivity contribution is -0.111. The lowest BCUT2D eigenvalue weighted by Crippen LogP contribution is -2.09. The molecule has 0 amide bonds. The van der Waals surface area contributed by atoms with E-state index >= 15 is 0 Å². The Hall–Kier alpha value is -0.930. The van der Waals surface area contributed by atoms with Crippen molar-refractivity contribution in [1.82, 2.24) is 0 Å². The first kappa shape index (κ1) is 25.7. The molecule has 0 spiro atoms. The van der Waals surface area contributed by atoms with E-state index in [-0.39, 0.29) is 5.78 Å².